The number of non-ortho nitro benzene ring substituents is 1. The summed E-state index contributed by atoms with van der Waals surface area (Å²) >= 11 is 0. The molecule has 0 atom stereocenters. The number of hydrogen-bond acceptors (Lipinski definition) is 6. The van der Waals surface area contributed by atoms with Crippen LogP contribution in [0.2, 0.25) is 0 Å². The standard InChI is InChI=1S/C12H20N4O3/c1-12(2,15(3)4)8-19-11-6-9(14-13)5-10(7-11)16(17)18/h5-7,14H,8,13H2,1-4H3. The van der Waals surface area contributed by atoms with E-state index in [-0.39, 0.29) is 11.2 Å². The maximum atomic E-state index is 10.8. The molecule has 0 unspecified atom stereocenters. The van der Waals surface area contributed by atoms with Gasteiger partial charge in [0.1, 0.15) is 12.4 Å². The van der Waals surface area contributed by atoms with Gasteiger partial charge in [0.05, 0.1) is 16.7 Å². The van der Waals surface area contributed by atoms with E-state index in [2.05, 4.69) is 5.43 Å². The molecule has 106 valence electrons. The van der Waals surface area contributed by atoms with Crippen LogP contribution in [0.1, 0.15) is 13.8 Å². The second kappa shape index (κ2) is 5.85. The highest BCUT2D eigenvalue weighted by molar-refractivity contribution is 5.55. The fraction of sp³-hybridized carbons (Fsp3) is 0.500. The maximum absolute atomic E-state index is 10.8. The van der Waals surface area contributed by atoms with Gasteiger partial charge in [-0.2, -0.15) is 0 Å². The first-order valence-corrected chi connectivity index (χ1v) is 5.82. The van der Waals surface area contributed by atoms with Gasteiger partial charge in [-0.15, -0.1) is 0 Å². The molecule has 0 heterocycles. The number of nitrogen functional groups attached to an aromatic ring is 1. The normalized spacial score (nSPS) is 11.5. The van der Waals surface area contributed by atoms with Crippen LogP contribution in [0.3, 0.4) is 0 Å². The van der Waals surface area contributed by atoms with Crippen molar-refractivity contribution in [2.45, 2.75) is 19.4 Å². The zero-order valence-corrected chi connectivity index (χ0v) is 11.6. The Morgan fingerprint density at radius 1 is 1.42 bits per heavy atom. The van der Waals surface area contributed by atoms with Crippen molar-refractivity contribution in [1.29, 1.82) is 0 Å². The average Bonchev–Trinajstić information content (AvgIpc) is 2.35. The molecule has 0 aliphatic rings. The summed E-state index contributed by atoms with van der Waals surface area (Å²) in [5, 5.41) is 10.8. The topological polar surface area (TPSA) is 93.7 Å². The summed E-state index contributed by atoms with van der Waals surface area (Å²) in [5.74, 6) is 5.70. The average molecular weight is 268 g/mol. The van der Waals surface area contributed by atoms with Crippen LogP contribution in [0.5, 0.6) is 5.75 Å². The molecule has 0 spiro atoms. The van der Waals surface area contributed by atoms with E-state index in [0.717, 1.165) is 0 Å². The van der Waals surface area contributed by atoms with Crippen LogP contribution in [0.25, 0.3) is 0 Å². The molecule has 1 aromatic carbocycles. The SMILES string of the molecule is CN(C)C(C)(C)COc1cc(NN)cc([N+](=O)[O-])c1. The third kappa shape index (κ3) is 4.08. The van der Waals surface area contributed by atoms with Gasteiger partial charge in [-0.25, -0.2) is 0 Å². The van der Waals surface area contributed by atoms with Crippen molar-refractivity contribution in [1.82, 2.24) is 4.90 Å². The molecule has 0 saturated carbocycles. The summed E-state index contributed by atoms with van der Waals surface area (Å²) in [7, 11) is 3.90. The van der Waals surface area contributed by atoms with Gasteiger partial charge in [0.15, 0.2) is 0 Å². The van der Waals surface area contributed by atoms with Gasteiger partial charge in [-0.05, 0) is 27.9 Å². The fourth-order valence-corrected chi connectivity index (χ4v) is 1.24. The Balaban J connectivity index is 2.89. The Kier molecular flexibility index (Phi) is 4.68. The largest absolute Gasteiger partial charge is 0.491 e. The second-order valence-electron chi connectivity index (χ2n) is 5.11. The van der Waals surface area contributed by atoms with Crippen LogP contribution in [0.15, 0.2) is 18.2 Å². The van der Waals surface area contributed by atoms with Crippen LogP contribution < -0.4 is 16.0 Å². The monoisotopic (exact) mass is 268 g/mol. The molecule has 7 heteroatoms. The van der Waals surface area contributed by atoms with Crippen molar-refractivity contribution < 1.29 is 9.66 Å². The Labute approximate surface area is 112 Å². The summed E-state index contributed by atoms with van der Waals surface area (Å²) in [5.41, 5.74) is 2.58. The highest BCUT2D eigenvalue weighted by Gasteiger charge is 2.22. The molecule has 0 radical (unpaired) electrons. The van der Waals surface area contributed by atoms with Crippen molar-refractivity contribution in [2.24, 2.45) is 5.84 Å². The van der Waals surface area contributed by atoms with E-state index in [1.54, 1.807) is 6.07 Å². The molecule has 1 rings (SSSR count). The lowest BCUT2D eigenvalue weighted by molar-refractivity contribution is -0.384. The number of nitro benzene ring substituents is 1. The van der Waals surface area contributed by atoms with Gasteiger partial charge in [0, 0.05) is 17.7 Å². The minimum atomic E-state index is -0.481. The number of nitro groups is 1. The number of hydrazine groups is 1. The second-order valence-corrected chi connectivity index (χ2v) is 5.11. The summed E-state index contributed by atoms with van der Waals surface area (Å²) in [6, 6.07) is 4.36. The molecule has 1 aromatic rings. The van der Waals surface area contributed by atoms with Crippen LogP contribution in [0, 0.1) is 10.1 Å². The summed E-state index contributed by atoms with van der Waals surface area (Å²) in [4.78, 5) is 12.3. The first-order valence-electron chi connectivity index (χ1n) is 5.82. The molecule has 0 bridgehead atoms. The third-order valence-electron chi connectivity index (χ3n) is 3.07. The number of likely N-dealkylation sites (N-methyl/N-ethyl adjacent to an activating group) is 1. The van der Waals surface area contributed by atoms with Gasteiger partial charge in [-0.3, -0.25) is 16.0 Å². The number of hydrogen-bond donors (Lipinski definition) is 2. The van der Waals surface area contributed by atoms with E-state index in [9.17, 15) is 10.1 Å². The van der Waals surface area contributed by atoms with E-state index >= 15 is 0 Å². The molecule has 19 heavy (non-hydrogen) atoms. The van der Waals surface area contributed by atoms with Crippen molar-refractivity contribution >= 4 is 11.4 Å². The van der Waals surface area contributed by atoms with Crippen molar-refractivity contribution in [3.63, 3.8) is 0 Å². The number of nitrogens with zero attached hydrogens (tertiary/aromatic N) is 2. The van der Waals surface area contributed by atoms with Gasteiger partial charge >= 0.3 is 0 Å². The predicted molar refractivity (Wildman–Crippen MR) is 74.2 cm³/mol. The molecule has 0 aliphatic heterocycles. The van der Waals surface area contributed by atoms with Gasteiger partial charge in [0.25, 0.3) is 5.69 Å². The minimum Gasteiger partial charge on any atom is -0.491 e. The molecule has 7 nitrogen and oxygen atoms in total. The van der Waals surface area contributed by atoms with E-state index < -0.39 is 4.92 Å². The van der Waals surface area contributed by atoms with E-state index in [4.69, 9.17) is 10.6 Å². The highest BCUT2D eigenvalue weighted by atomic mass is 16.6. The fourth-order valence-electron chi connectivity index (χ4n) is 1.24. The Bertz CT molecular complexity index is 460. The molecular weight excluding hydrogens is 248 g/mol. The highest BCUT2D eigenvalue weighted by Crippen LogP contribution is 2.26. The Hall–Kier alpha value is -1.86. The minimum absolute atomic E-state index is 0.0619. The van der Waals surface area contributed by atoms with Gasteiger partial charge in [0.2, 0.25) is 0 Å². The summed E-state index contributed by atoms with van der Waals surface area (Å²) in [6.45, 7) is 4.45. The number of nitrogens with two attached hydrogens (primary N) is 1. The molecule has 0 aromatic heterocycles. The number of rotatable bonds is 6. The first kappa shape index (κ1) is 15.2. The van der Waals surface area contributed by atoms with Crippen LogP contribution in [0.4, 0.5) is 11.4 Å². The van der Waals surface area contributed by atoms with Crippen molar-refractivity contribution in [2.75, 3.05) is 26.1 Å². The van der Waals surface area contributed by atoms with Crippen LogP contribution >= 0.6 is 0 Å². The summed E-state index contributed by atoms with van der Waals surface area (Å²) < 4.78 is 5.62. The lowest BCUT2D eigenvalue weighted by atomic mass is 10.1. The van der Waals surface area contributed by atoms with Crippen molar-refractivity contribution in [3.05, 3.63) is 28.3 Å². The van der Waals surface area contributed by atoms with Gasteiger partial charge in [-0.1, -0.05) is 0 Å². The molecule has 0 fully saturated rings. The lowest BCUT2D eigenvalue weighted by Crippen LogP contribution is -2.43. The zero-order chi connectivity index (χ0) is 14.6. The Morgan fingerprint density at radius 3 is 2.53 bits per heavy atom. The Morgan fingerprint density at radius 2 is 2.05 bits per heavy atom. The predicted octanol–water partition coefficient (Wildman–Crippen LogP) is 1.60. The number of anilines is 1. The van der Waals surface area contributed by atoms with E-state index in [1.807, 2.05) is 32.8 Å². The number of ether oxygens (including phenoxy) is 1. The molecule has 0 saturated heterocycles. The van der Waals surface area contributed by atoms with Crippen molar-refractivity contribution in [3.8, 4) is 5.75 Å². The lowest BCUT2D eigenvalue weighted by Gasteiger charge is -2.32. The number of nitrogens with one attached hydrogen (secondary N) is 1. The smallest absolute Gasteiger partial charge is 0.275 e. The van der Waals surface area contributed by atoms with Crippen LogP contribution in [-0.2, 0) is 0 Å². The van der Waals surface area contributed by atoms with E-state index in [1.165, 1.54) is 12.1 Å². The molecular formula is C12H20N4O3. The molecule has 3 N–H and O–H groups in total. The van der Waals surface area contributed by atoms with Crippen LogP contribution in [-0.4, -0.2) is 36.1 Å². The van der Waals surface area contributed by atoms with Gasteiger partial charge < -0.3 is 15.1 Å². The zero-order valence-electron chi connectivity index (χ0n) is 11.6. The third-order valence-corrected chi connectivity index (χ3v) is 3.07. The maximum Gasteiger partial charge on any atom is 0.275 e. The molecule has 0 amide bonds. The quantitative estimate of drug-likeness (QED) is 0.462. The van der Waals surface area contributed by atoms with E-state index in [0.29, 0.717) is 18.0 Å². The first-order chi connectivity index (χ1) is 8.76. The molecule has 0 aliphatic carbocycles. The summed E-state index contributed by atoms with van der Waals surface area (Å²) in [6.07, 6.45) is 0. The number of benzene rings is 1.